The lowest BCUT2D eigenvalue weighted by Crippen LogP contribution is -2.61. The maximum atomic E-state index is 13.4. The van der Waals surface area contributed by atoms with Gasteiger partial charge in [0.05, 0.1) is 17.6 Å². The summed E-state index contributed by atoms with van der Waals surface area (Å²) in [7, 11) is 0. The molecule has 2 aliphatic heterocycles. The molecular weight excluding hydrogens is 382 g/mol. The lowest BCUT2D eigenvalue weighted by molar-refractivity contribution is -0.129. The van der Waals surface area contributed by atoms with Gasteiger partial charge < -0.3 is 15.0 Å². The minimum atomic E-state index is -0.825. The SMILES string of the molecule is CC(C)N[C@]12CCN(C1)C(=O)OC/C=C/CCCC[C@](C)(C(=O)C(C)C)NCC2=O. The number of hydrogen-bond donors (Lipinski definition) is 2. The zero-order valence-corrected chi connectivity index (χ0v) is 19.3. The third-order valence-electron chi connectivity index (χ3n) is 6.10. The van der Waals surface area contributed by atoms with Crippen LogP contribution in [0.2, 0.25) is 0 Å². The number of carbonyl (C=O) groups excluding carboxylic acids is 3. The molecular formula is C23H39N3O4. The highest BCUT2D eigenvalue weighted by Gasteiger charge is 2.47. The standard InChI is InChI=1S/C23H39N3O4/c1-17(2)20(28)22(5)11-9-7-6-8-10-14-30-21(29)26-13-12-23(16-26,25-18(3)4)19(27)15-24-22/h8,10,17-18,24-25H,6-7,9,11-16H2,1-5H3/b10-8+/t22-,23-/m1/s1. The van der Waals surface area contributed by atoms with Gasteiger partial charge in [-0.25, -0.2) is 4.79 Å². The first-order valence-electron chi connectivity index (χ1n) is 11.3. The van der Waals surface area contributed by atoms with Crippen LogP contribution >= 0.6 is 0 Å². The molecule has 0 spiro atoms. The molecule has 7 heteroatoms. The van der Waals surface area contributed by atoms with Crippen molar-refractivity contribution < 1.29 is 19.1 Å². The quantitative estimate of drug-likeness (QED) is 0.679. The summed E-state index contributed by atoms with van der Waals surface area (Å²) in [6.07, 6.45) is 7.40. The number of rotatable bonds is 4. The lowest BCUT2D eigenvalue weighted by Gasteiger charge is -2.35. The summed E-state index contributed by atoms with van der Waals surface area (Å²) in [5.74, 6) is 0.0123. The molecule has 0 aromatic rings. The summed E-state index contributed by atoms with van der Waals surface area (Å²) >= 11 is 0. The molecule has 2 N–H and O–H groups in total. The molecule has 2 heterocycles. The number of nitrogens with zero attached hydrogens (tertiary/aromatic N) is 1. The molecule has 30 heavy (non-hydrogen) atoms. The van der Waals surface area contributed by atoms with Crippen molar-refractivity contribution in [1.29, 1.82) is 0 Å². The van der Waals surface area contributed by atoms with Crippen molar-refractivity contribution in [3.05, 3.63) is 12.2 Å². The molecule has 0 aromatic carbocycles. The molecule has 0 unspecified atom stereocenters. The van der Waals surface area contributed by atoms with Crippen LogP contribution in [0, 0.1) is 5.92 Å². The van der Waals surface area contributed by atoms with E-state index < -0.39 is 11.1 Å². The molecule has 0 aromatic heterocycles. The first-order chi connectivity index (χ1) is 14.1. The second-order valence-corrected chi connectivity index (χ2v) is 9.47. The lowest BCUT2D eigenvalue weighted by atomic mass is 9.83. The van der Waals surface area contributed by atoms with Crippen LogP contribution < -0.4 is 10.6 Å². The summed E-state index contributed by atoms with van der Waals surface area (Å²) in [5.41, 5.74) is -1.56. The zero-order valence-electron chi connectivity index (χ0n) is 19.3. The molecule has 2 atom stereocenters. The normalized spacial score (nSPS) is 30.6. The van der Waals surface area contributed by atoms with Crippen LogP contribution in [0.3, 0.4) is 0 Å². The van der Waals surface area contributed by atoms with Gasteiger partial charge in [0, 0.05) is 25.0 Å². The number of nitrogens with one attached hydrogen (secondary N) is 2. The Labute approximate surface area is 181 Å². The third kappa shape index (κ3) is 6.14. The molecule has 0 saturated carbocycles. The van der Waals surface area contributed by atoms with Crippen LogP contribution in [0.1, 0.15) is 66.7 Å². The average molecular weight is 422 g/mol. The molecule has 1 saturated heterocycles. The van der Waals surface area contributed by atoms with E-state index in [1.54, 1.807) is 4.90 Å². The Balaban J connectivity index is 2.27. The summed E-state index contributed by atoms with van der Waals surface area (Å²) in [6, 6.07) is 0.0853. The van der Waals surface area contributed by atoms with E-state index in [1.807, 2.05) is 46.8 Å². The Morgan fingerprint density at radius 3 is 2.57 bits per heavy atom. The van der Waals surface area contributed by atoms with Gasteiger partial charge in [-0.1, -0.05) is 32.4 Å². The Morgan fingerprint density at radius 2 is 1.90 bits per heavy atom. The molecule has 2 bridgehead atoms. The van der Waals surface area contributed by atoms with E-state index in [4.69, 9.17) is 4.74 Å². The van der Waals surface area contributed by atoms with Gasteiger partial charge in [0.15, 0.2) is 11.6 Å². The van der Waals surface area contributed by atoms with Crippen LogP contribution in [0.5, 0.6) is 0 Å². The van der Waals surface area contributed by atoms with Gasteiger partial charge in [-0.2, -0.15) is 0 Å². The number of ketones is 2. The van der Waals surface area contributed by atoms with E-state index in [9.17, 15) is 14.4 Å². The van der Waals surface area contributed by atoms with Crippen LogP contribution in [-0.2, 0) is 14.3 Å². The summed E-state index contributed by atoms with van der Waals surface area (Å²) in [6.45, 7) is 10.8. The van der Waals surface area contributed by atoms with Gasteiger partial charge in [-0.3, -0.25) is 14.9 Å². The molecule has 2 rings (SSSR count). The predicted octanol–water partition coefficient (Wildman–Crippen LogP) is 2.84. The van der Waals surface area contributed by atoms with Crippen molar-refractivity contribution in [3.8, 4) is 0 Å². The zero-order chi connectivity index (χ0) is 22.4. The number of Topliss-reactive ketones (excluding diaryl/α,β-unsaturated/α-hetero) is 2. The fourth-order valence-electron chi connectivity index (χ4n) is 4.46. The maximum Gasteiger partial charge on any atom is 0.410 e. The van der Waals surface area contributed by atoms with E-state index in [-0.39, 0.29) is 49.3 Å². The summed E-state index contributed by atoms with van der Waals surface area (Å²) in [4.78, 5) is 40.4. The van der Waals surface area contributed by atoms with Gasteiger partial charge in [-0.15, -0.1) is 0 Å². The molecule has 0 aliphatic carbocycles. The number of fused-ring (bicyclic) bond motifs is 2. The second kappa shape index (κ2) is 10.5. The van der Waals surface area contributed by atoms with E-state index in [1.165, 1.54) is 0 Å². The number of hydrogen-bond acceptors (Lipinski definition) is 6. The number of amides is 1. The fourth-order valence-corrected chi connectivity index (χ4v) is 4.46. The van der Waals surface area contributed by atoms with Gasteiger partial charge in [0.1, 0.15) is 6.61 Å². The average Bonchev–Trinajstić information content (AvgIpc) is 3.11. The van der Waals surface area contributed by atoms with E-state index in [2.05, 4.69) is 10.6 Å². The maximum absolute atomic E-state index is 13.4. The summed E-state index contributed by atoms with van der Waals surface area (Å²) < 4.78 is 5.35. The number of carbonyl (C=O) groups is 3. The van der Waals surface area contributed by atoms with Crippen molar-refractivity contribution in [2.24, 2.45) is 5.92 Å². The molecule has 7 nitrogen and oxygen atoms in total. The minimum absolute atomic E-state index is 0.0127. The first-order valence-corrected chi connectivity index (χ1v) is 11.3. The topological polar surface area (TPSA) is 87.7 Å². The second-order valence-electron chi connectivity index (χ2n) is 9.47. The van der Waals surface area contributed by atoms with Gasteiger partial charge in [0.2, 0.25) is 0 Å². The number of ether oxygens (including phenoxy) is 1. The highest BCUT2D eigenvalue weighted by molar-refractivity contribution is 5.94. The van der Waals surface area contributed by atoms with Crippen molar-refractivity contribution in [1.82, 2.24) is 15.5 Å². The molecule has 170 valence electrons. The molecule has 0 radical (unpaired) electrons. The predicted molar refractivity (Wildman–Crippen MR) is 117 cm³/mol. The van der Waals surface area contributed by atoms with Crippen LogP contribution in [0.15, 0.2) is 12.2 Å². The van der Waals surface area contributed by atoms with Gasteiger partial charge in [-0.05, 0) is 46.5 Å². The summed E-state index contributed by atoms with van der Waals surface area (Å²) in [5, 5.41) is 6.71. The van der Waals surface area contributed by atoms with Gasteiger partial charge >= 0.3 is 6.09 Å². The highest BCUT2D eigenvalue weighted by atomic mass is 16.6. The van der Waals surface area contributed by atoms with Crippen LogP contribution in [0.4, 0.5) is 4.79 Å². The van der Waals surface area contributed by atoms with Crippen molar-refractivity contribution in [3.63, 3.8) is 0 Å². The molecule has 2 aliphatic rings. The first kappa shape index (κ1) is 24.5. The van der Waals surface area contributed by atoms with E-state index >= 15 is 0 Å². The Hall–Kier alpha value is -1.73. The third-order valence-corrected chi connectivity index (χ3v) is 6.10. The monoisotopic (exact) mass is 421 g/mol. The van der Waals surface area contributed by atoms with Crippen molar-refractivity contribution >= 4 is 17.7 Å². The molecule has 1 amide bonds. The van der Waals surface area contributed by atoms with Crippen LogP contribution in [-0.4, -0.2) is 65.9 Å². The molecule has 1 fully saturated rings. The Kier molecular flexibility index (Phi) is 8.62. The highest BCUT2D eigenvalue weighted by Crippen LogP contribution is 2.26. The largest absolute Gasteiger partial charge is 0.445 e. The number of cyclic esters (lactones) is 1. The smallest absolute Gasteiger partial charge is 0.410 e. The van der Waals surface area contributed by atoms with Crippen molar-refractivity contribution in [2.45, 2.75) is 83.8 Å². The minimum Gasteiger partial charge on any atom is -0.445 e. The number of allylic oxidation sites excluding steroid dienone is 1. The van der Waals surface area contributed by atoms with Crippen LogP contribution in [0.25, 0.3) is 0 Å². The van der Waals surface area contributed by atoms with Crippen molar-refractivity contribution in [2.75, 3.05) is 26.2 Å². The van der Waals surface area contributed by atoms with Gasteiger partial charge in [0.25, 0.3) is 0 Å². The van der Waals surface area contributed by atoms with E-state index in [0.717, 1.165) is 19.3 Å². The fraction of sp³-hybridized carbons (Fsp3) is 0.783. The van der Waals surface area contributed by atoms with E-state index in [0.29, 0.717) is 19.4 Å². The Bertz CT molecular complexity index is 661. The Morgan fingerprint density at radius 1 is 1.17 bits per heavy atom.